The maximum atomic E-state index is 11.5. The van der Waals surface area contributed by atoms with Crippen LogP contribution in [0.3, 0.4) is 0 Å². The molecule has 146 valence electrons. The molecule has 0 saturated heterocycles. The van der Waals surface area contributed by atoms with Crippen LogP contribution in [0.4, 0.5) is 0 Å². The van der Waals surface area contributed by atoms with E-state index in [4.69, 9.17) is 14.2 Å². The van der Waals surface area contributed by atoms with Crippen molar-refractivity contribution >= 4 is 17.3 Å². The third-order valence-electron chi connectivity index (χ3n) is 4.00. The van der Waals surface area contributed by atoms with E-state index in [0.717, 1.165) is 17.1 Å². The highest BCUT2D eigenvalue weighted by Gasteiger charge is 2.21. The van der Waals surface area contributed by atoms with Crippen molar-refractivity contribution in [3.63, 3.8) is 0 Å². The lowest BCUT2D eigenvalue weighted by atomic mass is 10.2. The third-order valence-corrected chi connectivity index (χ3v) is 5.12. The van der Waals surface area contributed by atoms with E-state index in [2.05, 4.69) is 4.98 Å². The molecule has 0 amide bonds. The maximum Gasteiger partial charge on any atom is 0.347 e. The van der Waals surface area contributed by atoms with Crippen LogP contribution in [0.25, 0.3) is 10.6 Å². The van der Waals surface area contributed by atoms with Crippen molar-refractivity contribution in [1.29, 1.82) is 0 Å². The molecule has 1 aromatic heterocycles. The number of para-hydroxylation sites is 2. The molecule has 0 atom stereocenters. The van der Waals surface area contributed by atoms with E-state index in [9.17, 15) is 9.90 Å². The van der Waals surface area contributed by atoms with Crippen LogP contribution < -0.4 is 14.2 Å². The first-order chi connectivity index (χ1) is 13.6. The van der Waals surface area contributed by atoms with Crippen LogP contribution in [0.5, 0.6) is 17.2 Å². The monoisotopic (exact) mass is 399 g/mol. The number of benzene rings is 2. The Kier molecular flexibility index (Phi) is 6.49. The second-order valence-corrected chi connectivity index (χ2v) is 6.80. The first-order valence-corrected chi connectivity index (χ1v) is 9.66. The van der Waals surface area contributed by atoms with Gasteiger partial charge in [-0.15, -0.1) is 11.3 Å². The van der Waals surface area contributed by atoms with E-state index in [-0.39, 0.29) is 4.88 Å². The Balaban J connectivity index is 1.82. The molecule has 1 N–H and O–H groups in total. The second kappa shape index (κ2) is 9.23. The SMILES string of the molecule is CCc1nc(-c2cccc(OC)c2OCCOc2ccccc2)sc1C(=O)O. The number of hydrogen-bond donors (Lipinski definition) is 1. The molecule has 0 aliphatic carbocycles. The number of methoxy groups -OCH3 is 1. The molecule has 0 saturated carbocycles. The summed E-state index contributed by atoms with van der Waals surface area (Å²) in [6.07, 6.45) is 0.545. The second-order valence-electron chi connectivity index (χ2n) is 5.80. The first kappa shape index (κ1) is 19.7. The van der Waals surface area contributed by atoms with Crippen LogP contribution in [-0.2, 0) is 6.42 Å². The van der Waals surface area contributed by atoms with Crippen LogP contribution in [0, 0.1) is 0 Å². The molecule has 28 heavy (non-hydrogen) atoms. The van der Waals surface area contributed by atoms with Crippen LogP contribution in [0.1, 0.15) is 22.3 Å². The van der Waals surface area contributed by atoms with Gasteiger partial charge in [0, 0.05) is 0 Å². The predicted molar refractivity (Wildman–Crippen MR) is 108 cm³/mol. The Hall–Kier alpha value is -3.06. The summed E-state index contributed by atoms with van der Waals surface area (Å²) in [5.74, 6) is 0.879. The van der Waals surface area contributed by atoms with Gasteiger partial charge in [0.05, 0.1) is 18.4 Å². The van der Waals surface area contributed by atoms with E-state index in [1.807, 2.05) is 49.4 Å². The quantitative estimate of drug-likeness (QED) is 0.533. The fourth-order valence-corrected chi connectivity index (χ4v) is 3.70. The minimum absolute atomic E-state index is 0.249. The number of nitrogens with zero attached hydrogens (tertiary/aromatic N) is 1. The summed E-state index contributed by atoms with van der Waals surface area (Å²) in [7, 11) is 1.56. The Morgan fingerprint density at radius 1 is 1.07 bits per heavy atom. The highest BCUT2D eigenvalue weighted by atomic mass is 32.1. The smallest absolute Gasteiger partial charge is 0.347 e. The van der Waals surface area contributed by atoms with Crippen LogP contribution >= 0.6 is 11.3 Å². The van der Waals surface area contributed by atoms with Gasteiger partial charge in [0.15, 0.2) is 11.5 Å². The van der Waals surface area contributed by atoms with E-state index >= 15 is 0 Å². The number of aryl methyl sites for hydroxylation is 1. The zero-order valence-corrected chi connectivity index (χ0v) is 16.5. The lowest BCUT2D eigenvalue weighted by Crippen LogP contribution is -2.10. The van der Waals surface area contributed by atoms with Gasteiger partial charge in [0.25, 0.3) is 0 Å². The Morgan fingerprint density at radius 2 is 1.82 bits per heavy atom. The molecule has 0 aliphatic rings. The number of carboxylic acids is 1. The Labute approximate surface area is 167 Å². The van der Waals surface area contributed by atoms with Crippen LogP contribution in [0.15, 0.2) is 48.5 Å². The molecule has 0 aliphatic heterocycles. The number of ether oxygens (including phenoxy) is 3. The van der Waals surface area contributed by atoms with Crippen molar-refractivity contribution in [2.24, 2.45) is 0 Å². The molecule has 0 radical (unpaired) electrons. The molecule has 0 spiro atoms. The van der Waals surface area contributed by atoms with Gasteiger partial charge < -0.3 is 19.3 Å². The van der Waals surface area contributed by atoms with E-state index < -0.39 is 5.97 Å². The topological polar surface area (TPSA) is 77.9 Å². The summed E-state index contributed by atoms with van der Waals surface area (Å²) in [5.41, 5.74) is 1.26. The largest absolute Gasteiger partial charge is 0.493 e. The molecule has 6 nitrogen and oxygen atoms in total. The first-order valence-electron chi connectivity index (χ1n) is 8.85. The summed E-state index contributed by atoms with van der Waals surface area (Å²) in [4.78, 5) is 16.2. The Bertz CT molecular complexity index is 939. The number of thiazole rings is 1. The van der Waals surface area contributed by atoms with Crippen molar-refractivity contribution in [2.45, 2.75) is 13.3 Å². The zero-order chi connectivity index (χ0) is 19.9. The number of carbonyl (C=O) groups is 1. The molecule has 7 heteroatoms. The molecule has 0 unspecified atom stereocenters. The number of hydrogen-bond acceptors (Lipinski definition) is 6. The van der Waals surface area contributed by atoms with Crippen molar-refractivity contribution in [3.05, 3.63) is 59.1 Å². The molecular weight excluding hydrogens is 378 g/mol. The molecule has 3 rings (SSSR count). The van der Waals surface area contributed by atoms with Crippen molar-refractivity contribution in [2.75, 3.05) is 20.3 Å². The van der Waals surface area contributed by atoms with Crippen LogP contribution in [0.2, 0.25) is 0 Å². The Morgan fingerprint density at radius 3 is 2.46 bits per heavy atom. The summed E-state index contributed by atoms with van der Waals surface area (Å²) >= 11 is 1.14. The van der Waals surface area contributed by atoms with Gasteiger partial charge in [0.2, 0.25) is 0 Å². The summed E-state index contributed by atoms with van der Waals surface area (Å²) in [6.45, 7) is 2.55. The predicted octanol–water partition coefficient (Wildman–Crippen LogP) is 4.54. The minimum Gasteiger partial charge on any atom is -0.493 e. The van der Waals surface area contributed by atoms with Gasteiger partial charge in [-0.05, 0) is 30.7 Å². The standard InChI is InChI=1S/C21H21NO5S/c1-3-16-19(21(23)24)28-20(22-16)15-10-7-11-17(25-2)18(15)27-13-12-26-14-8-5-4-6-9-14/h4-11H,3,12-13H2,1-2H3,(H,23,24). The maximum absolute atomic E-state index is 11.5. The molecule has 0 bridgehead atoms. The molecule has 1 heterocycles. The van der Waals surface area contributed by atoms with Crippen molar-refractivity contribution in [3.8, 4) is 27.8 Å². The van der Waals surface area contributed by atoms with Crippen molar-refractivity contribution < 1.29 is 24.1 Å². The molecule has 2 aromatic carbocycles. The minimum atomic E-state index is -0.970. The average molecular weight is 399 g/mol. The van der Waals surface area contributed by atoms with E-state index in [1.54, 1.807) is 13.2 Å². The number of aromatic carboxylic acids is 1. The molecular formula is C21H21NO5S. The fraction of sp³-hybridized carbons (Fsp3) is 0.238. The highest BCUT2D eigenvalue weighted by molar-refractivity contribution is 7.17. The van der Waals surface area contributed by atoms with Gasteiger partial charge in [-0.3, -0.25) is 0 Å². The van der Waals surface area contributed by atoms with Gasteiger partial charge >= 0.3 is 5.97 Å². The normalized spacial score (nSPS) is 10.5. The fourth-order valence-electron chi connectivity index (χ4n) is 2.69. The number of carboxylic acid groups (broad SMARTS) is 1. The number of rotatable bonds is 9. The average Bonchev–Trinajstić information content (AvgIpc) is 3.16. The van der Waals surface area contributed by atoms with Gasteiger partial charge in [-0.1, -0.05) is 31.2 Å². The highest BCUT2D eigenvalue weighted by Crippen LogP contribution is 2.40. The van der Waals surface area contributed by atoms with Crippen molar-refractivity contribution in [1.82, 2.24) is 4.98 Å². The van der Waals surface area contributed by atoms with E-state index in [1.165, 1.54) is 0 Å². The zero-order valence-electron chi connectivity index (χ0n) is 15.7. The molecule has 3 aromatic rings. The molecule has 0 fully saturated rings. The van der Waals surface area contributed by atoms with Crippen LogP contribution in [-0.4, -0.2) is 36.4 Å². The summed E-state index contributed by atoms with van der Waals surface area (Å²) < 4.78 is 17.0. The van der Waals surface area contributed by atoms with Gasteiger partial charge in [-0.2, -0.15) is 0 Å². The summed E-state index contributed by atoms with van der Waals surface area (Å²) in [6, 6.07) is 15.0. The lowest BCUT2D eigenvalue weighted by Gasteiger charge is -2.14. The van der Waals surface area contributed by atoms with Gasteiger partial charge in [0.1, 0.15) is 28.8 Å². The number of aromatic nitrogens is 1. The summed E-state index contributed by atoms with van der Waals surface area (Å²) in [5, 5.41) is 10.00. The lowest BCUT2D eigenvalue weighted by molar-refractivity contribution is 0.0701. The third kappa shape index (κ3) is 4.43. The van der Waals surface area contributed by atoms with Gasteiger partial charge in [-0.25, -0.2) is 9.78 Å². The van der Waals surface area contributed by atoms with E-state index in [0.29, 0.717) is 47.4 Å².